The van der Waals surface area contributed by atoms with E-state index in [1.807, 2.05) is 23.1 Å². The van der Waals surface area contributed by atoms with Crippen molar-refractivity contribution in [2.45, 2.75) is 18.9 Å². The Morgan fingerprint density at radius 1 is 1.19 bits per heavy atom. The van der Waals surface area contributed by atoms with Crippen molar-refractivity contribution < 1.29 is 14.4 Å². The number of nitrogens with zero attached hydrogens (tertiary/aromatic N) is 4. The molecular formula is C20H24N8O3. The molecule has 2 fully saturated rings. The number of hydrogen-bond acceptors (Lipinski definition) is 7. The molecule has 0 radical (unpaired) electrons. The number of rotatable bonds is 5. The summed E-state index contributed by atoms with van der Waals surface area (Å²) in [7, 11) is 0. The van der Waals surface area contributed by atoms with Crippen LogP contribution in [0.25, 0.3) is 0 Å². The van der Waals surface area contributed by atoms with E-state index < -0.39 is 18.0 Å². The van der Waals surface area contributed by atoms with Gasteiger partial charge in [0.05, 0.1) is 6.54 Å². The predicted molar refractivity (Wildman–Crippen MR) is 116 cm³/mol. The van der Waals surface area contributed by atoms with Gasteiger partial charge in [-0.15, -0.1) is 0 Å². The van der Waals surface area contributed by atoms with Crippen LogP contribution in [0, 0.1) is 0 Å². The van der Waals surface area contributed by atoms with E-state index in [0.717, 1.165) is 12.1 Å². The Balaban J connectivity index is 1.41. The summed E-state index contributed by atoms with van der Waals surface area (Å²) in [5.41, 5.74) is 6.90. The number of urea groups is 1. The van der Waals surface area contributed by atoms with E-state index in [4.69, 9.17) is 5.73 Å². The fourth-order valence-electron chi connectivity index (χ4n) is 3.78. The molecule has 0 unspecified atom stereocenters. The number of hydrogen-bond donors (Lipinski definition) is 4. The van der Waals surface area contributed by atoms with Crippen LogP contribution in [-0.2, 0) is 9.59 Å². The molecule has 1 atom stereocenters. The molecule has 31 heavy (non-hydrogen) atoms. The molecule has 1 aromatic heterocycles. The highest BCUT2D eigenvalue weighted by Gasteiger charge is 2.31. The normalized spacial score (nSPS) is 18.5. The van der Waals surface area contributed by atoms with Crippen molar-refractivity contribution in [3.63, 3.8) is 0 Å². The lowest BCUT2D eigenvalue weighted by atomic mass is 10.2. The van der Waals surface area contributed by atoms with Crippen molar-refractivity contribution in [3.8, 4) is 0 Å². The van der Waals surface area contributed by atoms with Gasteiger partial charge < -0.3 is 26.2 Å². The molecule has 11 heteroatoms. The van der Waals surface area contributed by atoms with E-state index in [1.54, 1.807) is 17.0 Å². The summed E-state index contributed by atoms with van der Waals surface area (Å²) >= 11 is 0. The molecule has 4 rings (SSSR count). The number of anilines is 4. The molecule has 0 aliphatic carbocycles. The summed E-state index contributed by atoms with van der Waals surface area (Å²) in [6, 6.07) is 7.95. The molecule has 162 valence electrons. The number of primary amides is 1. The van der Waals surface area contributed by atoms with E-state index in [0.29, 0.717) is 43.5 Å². The first-order chi connectivity index (χ1) is 15.0. The van der Waals surface area contributed by atoms with Gasteiger partial charge in [-0.2, -0.15) is 4.98 Å². The molecular weight excluding hydrogens is 400 g/mol. The zero-order chi connectivity index (χ0) is 21.8. The van der Waals surface area contributed by atoms with Crippen LogP contribution >= 0.6 is 0 Å². The van der Waals surface area contributed by atoms with E-state index in [-0.39, 0.29) is 12.5 Å². The molecule has 2 aliphatic heterocycles. The minimum Gasteiger partial charge on any atom is -0.368 e. The summed E-state index contributed by atoms with van der Waals surface area (Å²) in [5.74, 6) is 0.215. The molecule has 0 saturated carbocycles. The summed E-state index contributed by atoms with van der Waals surface area (Å²) < 4.78 is 0. The van der Waals surface area contributed by atoms with Gasteiger partial charge >= 0.3 is 6.03 Å². The average Bonchev–Trinajstić information content (AvgIpc) is 3.24. The van der Waals surface area contributed by atoms with Crippen molar-refractivity contribution in [2.24, 2.45) is 5.73 Å². The number of amides is 4. The average molecular weight is 424 g/mol. The maximum Gasteiger partial charge on any atom is 0.324 e. The van der Waals surface area contributed by atoms with Crippen molar-refractivity contribution in [1.82, 2.24) is 15.3 Å². The van der Waals surface area contributed by atoms with Crippen LogP contribution in [0.3, 0.4) is 0 Å². The molecule has 2 aromatic rings. The third-order valence-electron chi connectivity index (χ3n) is 5.23. The third-order valence-corrected chi connectivity index (χ3v) is 5.23. The second kappa shape index (κ2) is 8.86. The Morgan fingerprint density at radius 2 is 2.06 bits per heavy atom. The largest absolute Gasteiger partial charge is 0.368 e. The smallest absolute Gasteiger partial charge is 0.324 e. The van der Waals surface area contributed by atoms with Crippen LogP contribution in [0.4, 0.5) is 27.9 Å². The minimum absolute atomic E-state index is 0.0292. The summed E-state index contributed by atoms with van der Waals surface area (Å²) in [6.45, 7) is 2.20. The number of aromatic nitrogens is 2. The van der Waals surface area contributed by atoms with Gasteiger partial charge in [0.25, 0.3) is 0 Å². The third kappa shape index (κ3) is 4.82. The Labute approximate surface area is 179 Å². The molecule has 0 spiro atoms. The van der Waals surface area contributed by atoms with Crippen molar-refractivity contribution in [2.75, 3.05) is 46.6 Å². The maximum absolute atomic E-state index is 12.5. The van der Waals surface area contributed by atoms with Gasteiger partial charge in [-0.25, -0.2) is 9.78 Å². The monoisotopic (exact) mass is 424 g/mol. The van der Waals surface area contributed by atoms with Gasteiger partial charge in [-0.1, -0.05) is 6.07 Å². The van der Waals surface area contributed by atoms with Gasteiger partial charge in [0.1, 0.15) is 11.9 Å². The van der Waals surface area contributed by atoms with Gasteiger partial charge in [-0.05, 0) is 37.1 Å². The van der Waals surface area contributed by atoms with Gasteiger partial charge in [-0.3, -0.25) is 14.9 Å². The zero-order valence-corrected chi connectivity index (χ0v) is 16.9. The maximum atomic E-state index is 12.5. The molecule has 2 aliphatic rings. The highest BCUT2D eigenvalue weighted by atomic mass is 16.2. The molecule has 5 N–H and O–H groups in total. The molecule has 1 aromatic carbocycles. The topological polar surface area (TPSA) is 146 Å². The van der Waals surface area contributed by atoms with Gasteiger partial charge in [0.15, 0.2) is 0 Å². The number of carbonyl (C=O) groups is 3. The van der Waals surface area contributed by atoms with Crippen LogP contribution < -0.4 is 31.5 Å². The summed E-state index contributed by atoms with van der Waals surface area (Å²) in [5, 5.41) is 8.24. The van der Waals surface area contributed by atoms with Crippen molar-refractivity contribution in [3.05, 3.63) is 36.5 Å². The van der Waals surface area contributed by atoms with Crippen molar-refractivity contribution >= 4 is 41.0 Å². The molecule has 0 bridgehead atoms. The molecule has 3 heterocycles. The summed E-state index contributed by atoms with van der Waals surface area (Å²) in [6.07, 6.45) is 3.01. The Morgan fingerprint density at radius 3 is 2.87 bits per heavy atom. The van der Waals surface area contributed by atoms with Crippen LogP contribution in [0.5, 0.6) is 0 Å². The Hall–Kier alpha value is -3.89. The standard InChI is InChI=1S/C20H24N8O3/c21-18(30)15-5-2-9-28(15)19-23-7-6-16(25-19)26-20(31)24-13-3-1-4-14(11-13)27-10-8-22-17(29)12-27/h1,3-4,6-7,11,15H,2,5,8-10,12H2,(H2,21,30)(H,22,29)(H2,23,24,25,26,31)/t15-/m0/s1. The van der Waals surface area contributed by atoms with E-state index in [1.165, 1.54) is 6.20 Å². The number of nitrogens with two attached hydrogens (primary N) is 1. The molecule has 11 nitrogen and oxygen atoms in total. The van der Waals surface area contributed by atoms with E-state index >= 15 is 0 Å². The second-order valence-electron chi connectivity index (χ2n) is 7.40. The second-order valence-corrected chi connectivity index (χ2v) is 7.40. The fourth-order valence-corrected chi connectivity index (χ4v) is 3.78. The number of piperazine rings is 1. The highest BCUT2D eigenvalue weighted by molar-refractivity contribution is 5.99. The number of nitrogens with one attached hydrogen (secondary N) is 3. The Bertz CT molecular complexity index is 998. The van der Waals surface area contributed by atoms with Gasteiger partial charge in [0.2, 0.25) is 17.8 Å². The first-order valence-corrected chi connectivity index (χ1v) is 10.1. The zero-order valence-electron chi connectivity index (χ0n) is 16.9. The molecule has 2 saturated heterocycles. The lowest BCUT2D eigenvalue weighted by molar-refractivity contribution is -0.120. The highest BCUT2D eigenvalue weighted by Crippen LogP contribution is 2.23. The fraction of sp³-hybridized carbons (Fsp3) is 0.350. The predicted octanol–water partition coefficient (Wildman–Crippen LogP) is 0.511. The lowest BCUT2D eigenvalue weighted by Gasteiger charge is -2.28. The van der Waals surface area contributed by atoms with Gasteiger partial charge in [0, 0.05) is 37.2 Å². The Kier molecular flexibility index (Phi) is 5.83. The van der Waals surface area contributed by atoms with Crippen LogP contribution in [0.2, 0.25) is 0 Å². The van der Waals surface area contributed by atoms with E-state index in [2.05, 4.69) is 25.9 Å². The molecule has 4 amide bonds. The van der Waals surface area contributed by atoms with Crippen molar-refractivity contribution in [1.29, 1.82) is 0 Å². The van der Waals surface area contributed by atoms with Crippen LogP contribution in [0.1, 0.15) is 12.8 Å². The SMILES string of the molecule is NC(=O)[C@@H]1CCCN1c1nccc(NC(=O)Nc2cccc(N3CCNC(=O)C3)c2)n1. The van der Waals surface area contributed by atoms with Crippen LogP contribution in [-0.4, -0.2) is 60.0 Å². The quantitative estimate of drug-likeness (QED) is 0.547. The number of carbonyl (C=O) groups excluding carboxylic acids is 3. The summed E-state index contributed by atoms with van der Waals surface area (Å²) in [4.78, 5) is 48.0. The van der Waals surface area contributed by atoms with Crippen LogP contribution in [0.15, 0.2) is 36.5 Å². The first-order valence-electron chi connectivity index (χ1n) is 10.1. The number of benzene rings is 1. The first kappa shape index (κ1) is 20.4. The van der Waals surface area contributed by atoms with E-state index in [9.17, 15) is 14.4 Å². The lowest BCUT2D eigenvalue weighted by Crippen LogP contribution is -2.47. The minimum atomic E-state index is -0.467.